The van der Waals surface area contributed by atoms with Crippen molar-refractivity contribution in [1.29, 1.82) is 0 Å². The van der Waals surface area contributed by atoms with Gasteiger partial charge in [0.25, 0.3) is 0 Å². The molecule has 3 atom stereocenters. The molecule has 0 aromatic heterocycles. The summed E-state index contributed by atoms with van der Waals surface area (Å²) in [4.78, 5) is 0. The van der Waals surface area contributed by atoms with Crippen molar-refractivity contribution in [2.24, 2.45) is 5.73 Å². The molecule has 0 bridgehead atoms. The van der Waals surface area contributed by atoms with Gasteiger partial charge in [0, 0.05) is 6.54 Å². The van der Waals surface area contributed by atoms with E-state index in [4.69, 9.17) is 10.5 Å². The van der Waals surface area contributed by atoms with Gasteiger partial charge in [0.2, 0.25) is 0 Å². The number of aliphatic hydroxyl groups excluding tert-OH is 1. The molecule has 0 fully saturated rings. The molecular formula is C13H17F4NO2. The Labute approximate surface area is 114 Å². The maximum absolute atomic E-state index is 13.0. The zero-order valence-corrected chi connectivity index (χ0v) is 11.1. The molecular weight excluding hydrogens is 278 g/mol. The molecule has 0 heterocycles. The van der Waals surface area contributed by atoms with E-state index >= 15 is 0 Å². The third-order valence-corrected chi connectivity index (χ3v) is 2.94. The zero-order chi connectivity index (χ0) is 15.5. The minimum absolute atomic E-state index is 0.216. The van der Waals surface area contributed by atoms with Gasteiger partial charge in [-0.1, -0.05) is 6.07 Å². The zero-order valence-electron chi connectivity index (χ0n) is 11.1. The van der Waals surface area contributed by atoms with Crippen molar-refractivity contribution >= 4 is 0 Å². The lowest BCUT2D eigenvalue weighted by molar-refractivity contribution is -0.140. The van der Waals surface area contributed by atoms with Gasteiger partial charge in [0.05, 0.1) is 23.9 Å². The molecule has 0 spiro atoms. The predicted molar refractivity (Wildman–Crippen MR) is 65.4 cm³/mol. The molecule has 0 radical (unpaired) electrons. The summed E-state index contributed by atoms with van der Waals surface area (Å²) in [5, 5.41) is 9.34. The van der Waals surface area contributed by atoms with Gasteiger partial charge in [0.15, 0.2) is 0 Å². The van der Waals surface area contributed by atoms with E-state index in [1.54, 1.807) is 0 Å². The molecule has 1 rings (SSSR count). The van der Waals surface area contributed by atoms with Crippen LogP contribution in [0.1, 0.15) is 31.1 Å². The van der Waals surface area contributed by atoms with Crippen molar-refractivity contribution in [3.63, 3.8) is 0 Å². The second-order valence-corrected chi connectivity index (χ2v) is 4.54. The lowest BCUT2D eigenvalue weighted by atomic mass is 10.0. The van der Waals surface area contributed by atoms with E-state index < -0.39 is 35.9 Å². The van der Waals surface area contributed by atoms with Crippen molar-refractivity contribution in [3.8, 4) is 0 Å². The first kappa shape index (κ1) is 16.9. The van der Waals surface area contributed by atoms with E-state index in [9.17, 15) is 22.7 Å². The lowest BCUT2D eigenvalue weighted by Gasteiger charge is -2.25. The van der Waals surface area contributed by atoms with Crippen molar-refractivity contribution in [3.05, 3.63) is 35.1 Å². The third kappa shape index (κ3) is 4.16. The molecule has 3 unspecified atom stereocenters. The molecule has 114 valence electrons. The van der Waals surface area contributed by atoms with Gasteiger partial charge < -0.3 is 15.6 Å². The largest absolute Gasteiger partial charge is 0.416 e. The molecule has 0 saturated carbocycles. The number of hydrogen-bond donors (Lipinski definition) is 2. The Balaban J connectivity index is 3.15. The van der Waals surface area contributed by atoms with Crippen LogP contribution in [-0.2, 0) is 10.9 Å². The van der Waals surface area contributed by atoms with Crippen LogP contribution in [0.15, 0.2) is 18.2 Å². The van der Waals surface area contributed by atoms with Crippen molar-refractivity contribution in [2.75, 3.05) is 6.54 Å². The number of hydrogen-bond acceptors (Lipinski definition) is 3. The predicted octanol–water partition coefficient (Wildman–Crippen LogP) is 2.63. The summed E-state index contributed by atoms with van der Waals surface area (Å²) in [5.41, 5.74) is 4.07. The summed E-state index contributed by atoms with van der Waals surface area (Å²) in [6.07, 6.45) is -7.34. The second-order valence-electron chi connectivity index (χ2n) is 4.54. The van der Waals surface area contributed by atoms with Crippen LogP contribution < -0.4 is 5.73 Å². The SMILES string of the molecule is CC(O)C(C)OC(CN)c1ccc(F)cc1C(F)(F)F. The van der Waals surface area contributed by atoms with E-state index in [1.165, 1.54) is 13.8 Å². The van der Waals surface area contributed by atoms with Crippen LogP contribution in [0.25, 0.3) is 0 Å². The fraction of sp³-hybridized carbons (Fsp3) is 0.538. The summed E-state index contributed by atoms with van der Waals surface area (Å²) in [7, 11) is 0. The Kier molecular flexibility index (Phi) is 5.50. The fourth-order valence-electron chi connectivity index (χ4n) is 1.68. The average molecular weight is 295 g/mol. The van der Waals surface area contributed by atoms with Crippen LogP contribution >= 0.6 is 0 Å². The molecule has 1 aromatic carbocycles. The van der Waals surface area contributed by atoms with Gasteiger partial charge >= 0.3 is 6.18 Å². The normalized spacial score (nSPS) is 16.8. The van der Waals surface area contributed by atoms with Crippen molar-refractivity contribution in [2.45, 2.75) is 38.3 Å². The van der Waals surface area contributed by atoms with Gasteiger partial charge in [-0.2, -0.15) is 13.2 Å². The number of alkyl halides is 3. The molecule has 3 nitrogen and oxygen atoms in total. The summed E-state index contributed by atoms with van der Waals surface area (Å²) in [6.45, 7) is 2.75. The summed E-state index contributed by atoms with van der Waals surface area (Å²) in [6, 6.07) is 2.34. The Bertz CT molecular complexity index is 448. The number of aliphatic hydroxyl groups is 1. The Hall–Kier alpha value is -1.18. The Morgan fingerprint density at radius 3 is 2.35 bits per heavy atom. The van der Waals surface area contributed by atoms with Gasteiger partial charge in [-0.3, -0.25) is 0 Å². The van der Waals surface area contributed by atoms with Crippen LogP contribution in [0.4, 0.5) is 17.6 Å². The molecule has 0 aliphatic heterocycles. The number of rotatable bonds is 5. The first-order valence-corrected chi connectivity index (χ1v) is 6.07. The smallest absolute Gasteiger partial charge is 0.391 e. The van der Waals surface area contributed by atoms with E-state index in [0.717, 1.165) is 12.1 Å². The standard InChI is InChI=1S/C13H17F4NO2/c1-7(19)8(2)20-12(6-18)10-4-3-9(14)5-11(10)13(15,16)17/h3-5,7-8,12,19H,6,18H2,1-2H3. The van der Waals surface area contributed by atoms with Crippen LogP contribution in [0.3, 0.4) is 0 Å². The highest BCUT2D eigenvalue weighted by molar-refractivity contribution is 5.32. The number of nitrogens with two attached hydrogens (primary N) is 1. The minimum atomic E-state index is -4.71. The van der Waals surface area contributed by atoms with Gasteiger partial charge in [0.1, 0.15) is 5.82 Å². The Morgan fingerprint density at radius 1 is 1.30 bits per heavy atom. The molecule has 0 aliphatic carbocycles. The van der Waals surface area contributed by atoms with Gasteiger partial charge in [-0.15, -0.1) is 0 Å². The molecule has 0 amide bonds. The number of ether oxygens (including phenoxy) is 1. The molecule has 20 heavy (non-hydrogen) atoms. The highest BCUT2D eigenvalue weighted by Gasteiger charge is 2.36. The monoisotopic (exact) mass is 295 g/mol. The first-order chi connectivity index (χ1) is 9.16. The lowest BCUT2D eigenvalue weighted by Crippen LogP contribution is -2.29. The third-order valence-electron chi connectivity index (χ3n) is 2.94. The second kappa shape index (κ2) is 6.51. The van der Waals surface area contributed by atoms with Crippen LogP contribution in [0.5, 0.6) is 0 Å². The number of halogens is 4. The Morgan fingerprint density at radius 2 is 1.90 bits per heavy atom. The van der Waals surface area contributed by atoms with Crippen LogP contribution in [-0.4, -0.2) is 23.9 Å². The van der Waals surface area contributed by atoms with Crippen molar-refractivity contribution < 1.29 is 27.4 Å². The summed E-state index contributed by atoms with van der Waals surface area (Å²) < 4.78 is 57.1. The molecule has 1 aromatic rings. The van der Waals surface area contributed by atoms with E-state index in [1.807, 2.05) is 0 Å². The van der Waals surface area contributed by atoms with Crippen LogP contribution in [0.2, 0.25) is 0 Å². The first-order valence-electron chi connectivity index (χ1n) is 6.07. The molecule has 3 N–H and O–H groups in total. The van der Waals surface area contributed by atoms with Gasteiger partial charge in [-0.25, -0.2) is 4.39 Å². The summed E-state index contributed by atoms with van der Waals surface area (Å²) in [5.74, 6) is -0.986. The van der Waals surface area contributed by atoms with E-state index in [2.05, 4.69) is 0 Å². The quantitative estimate of drug-likeness (QED) is 0.821. The molecule has 7 heteroatoms. The highest BCUT2D eigenvalue weighted by atomic mass is 19.4. The maximum Gasteiger partial charge on any atom is 0.416 e. The average Bonchev–Trinajstić information content (AvgIpc) is 2.34. The molecule has 0 saturated heterocycles. The highest BCUT2D eigenvalue weighted by Crippen LogP contribution is 2.36. The maximum atomic E-state index is 13.0. The molecule has 0 aliphatic rings. The number of benzene rings is 1. The topological polar surface area (TPSA) is 55.5 Å². The van der Waals surface area contributed by atoms with Crippen LogP contribution in [0, 0.1) is 5.82 Å². The minimum Gasteiger partial charge on any atom is -0.391 e. The van der Waals surface area contributed by atoms with Crippen molar-refractivity contribution in [1.82, 2.24) is 0 Å². The fourth-order valence-corrected chi connectivity index (χ4v) is 1.68. The summed E-state index contributed by atoms with van der Waals surface area (Å²) >= 11 is 0. The van der Waals surface area contributed by atoms with Gasteiger partial charge in [-0.05, 0) is 31.5 Å². The van der Waals surface area contributed by atoms with E-state index in [-0.39, 0.29) is 12.1 Å². The van der Waals surface area contributed by atoms with E-state index in [0.29, 0.717) is 6.07 Å².